The SMILES string of the molecule is CNC(=O)N1CC(C)CC(CN)C1. The summed E-state index contributed by atoms with van der Waals surface area (Å²) in [7, 11) is 1.67. The standard InChI is InChI=1S/C9H19N3O/c1-7-3-8(4-10)6-12(5-7)9(13)11-2/h7-8H,3-6,10H2,1-2H3,(H,11,13). The van der Waals surface area contributed by atoms with Gasteiger partial charge in [-0.2, -0.15) is 0 Å². The molecule has 0 aliphatic carbocycles. The van der Waals surface area contributed by atoms with Crippen LogP contribution in [0, 0.1) is 11.8 Å². The van der Waals surface area contributed by atoms with Crippen molar-refractivity contribution < 1.29 is 4.79 Å². The van der Waals surface area contributed by atoms with Gasteiger partial charge in [0.15, 0.2) is 0 Å². The zero-order valence-corrected chi connectivity index (χ0v) is 8.42. The monoisotopic (exact) mass is 185 g/mol. The molecule has 76 valence electrons. The van der Waals surface area contributed by atoms with Crippen molar-refractivity contribution >= 4 is 6.03 Å². The highest BCUT2D eigenvalue weighted by Crippen LogP contribution is 2.20. The van der Waals surface area contributed by atoms with Crippen molar-refractivity contribution in [2.24, 2.45) is 17.6 Å². The predicted molar refractivity (Wildman–Crippen MR) is 52.4 cm³/mol. The molecule has 4 nitrogen and oxygen atoms in total. The highest BCUT2D eigenvalue weighted by molar-refractivity contribution is 5.73. The summed E-state index contributed by atoms with van der Waals surface area (Å²) in [5.74, 6) is 1.04. The number of nitrogens with zero attached hydrogens (tertiary/aromatic N) is 1. The molecule has 0 radical (unpaired) electrons. The van der Waals surface area contributed by atoms with Gasteiger partial charge in [-0.25, -0.2) is 4.79 Å². The Morgan fingerprint density at radius 2 is 2.31 bits per heavy atom. The molecule has 0 saturated carbocycles. The van der Waals surface area contributed by atoms with E-state index in [1.54, 1.807) is 7.05 Å². The van der Waals surface area contributed by atoms with Crippen molar-refractivity contribution in [3.63, 3.8) is 0 Å². The Morgan fingerprint density at radius 3 is 2.85 bits per heavy atom. The summed E-state index contributed by atoms with van der Waals surface area (Å²) in [4.78, 5) is 13.2. The van der Waals surface area contributed by atoms with Gasteiger partial charge < -0.3 is 16.0 Å². The number of carbonyl (C=O) groups is 1. The second-order valence-corrected chi connectivity index (χ2v) is 3.90. The van der Waals surface area contributed by atoms with Gasteiger partial charge in [-0.1, -0.05) is 6.92 Å². The van der Waals surface area contributed by atoms with Gasteiger partial charge in [0, 0.05) is 20.1 Å². The summed E-state index contributed by atoms with van der Waals surface area (Å²) < 4.78 is 0. The minimum atomic E-state index is 0.0185. The van der Waals surface area contributed by atoms with E-state index < -0.39 is 0 Å². The van der Waals surface area contributed by atoms with E-state index in [2.05, 4.69) is 12.2 Å². The molecule has 2 unspecified atom stereocenters. The van der Waals surface area contributed by atoms with E-state index >= 15 is 0 Å². The molecule has 1 aliphatic heterocycles. The van der Waals surface area contributed by atoms with Crippen LogP contribution in [0.4, 0.5) is 4.79 Å². The normalized spacial score (nSPS) is 28.7. The number of nitrogens with one attached hydrogen (secondary N) is 1. The van der Waals surface area contributed by atoms with Gasteiger partial charge in [-0.15, -0.1) is 0 Å². The van der Waals surface area contributed by atoms with Crippen LogP contribution in [0.2, 0.25) is 0 Å². The first-order chi connectivity index (χ1) is 6.17. The maximum atomic E-state index is 11.3. The Balaban J connectivity index is 2.51. The van der Waals surface area contributed by atoms with Gasteiger partial charge in [0.2, 0.25) is 0 Å². The number of hydrogen-bond donors (Lipinski definition) is 2. The number of piperidine rings is 1. The number of carbonyl (C=O) groups excluding carboxylic acids is 1. The van der Waals surface area contributed by atoms with Gasteiger partial charge in [-0.3, -0.25) is 0 Å². The zero-order valence-electron chi connectivity index (χ0n) is 8.42. The first-order valence-corrected chi connectivity index (χ1v) is 4.84. The molecule has 2 amide bonds. The fourth-order valence-electron chi connectivity index (χ4n) is 1.98. The summed E-state index contributed by atoms with van der Waals surface area (Å²) in [5, 5.41) is 2.65. The smallest absolute Gasteiger partial charge is 0.317 e. The fraction of sp³-hybridized carbons (Fsp3) is 0.889. The first kappa shape index (κ1) is 10.3. The Hall–Kier alpha value is -0.770. The second kappa shape index (κ2) is 4.46. The van der Waals surface area contributed by atoms with Crippen LogP contribution >= 0.6 is 0 Å². The van der Waals surface area contributed by atoms with Gasteiger partial charge >= 0.3 is 6.03 Å². The minimum absolute atomic E-state index is 0.0185. The van der Waals surface area contributed by atoms with E-state index in [0.29, 0.717) is 18.4 Å². The number of likely N-dealkylation sites (tertiary alicyclic amines) is 1. The van der Waals surface area contributed by atoms with Crippen LogP contribution in [-0.2, 0) is 0 Å². The molecule has 1 saturated heterocycles. The first-order valence-electron chi connectivity index (χ1n) is 4.84. The summed E-state index contributed by atoms with van der Waals surface area (Å²) in [6.45, 7) is 4.51. The molecule has 0 aromatic rings. The van der Waals surface area contributed by atoms with Gasteiger partial charge in [-0.05, 0) is 24.8 Å². The van der Waals surface area contributed by atoms with E-state index in [1.165, 1.54) is 0 Å². The second-order valence-electron chi connectivity index (χ2n) is 3.90. The lowest BCUT2D eigenvalue weighted by Gasteiger charge is -2.35. The molecule has 0 spiro atoms. The number of rotatable bonds is 1. The molecule has 1 aliphatic rings. The van der Waals surface area contributed by atoms with Crippen LogP contribution in [0.3, 0.4) is 0 Å². The zero-order chi connectivity index (χ0) is 9.84. The van der Waals surface area contributed by atoms with E-state index in [9.17, 15) is 4.79 Å². The van der Waals surface area contributed by atoms with Gasteiger partial charge in [0.1, 0.15) is 0 Å². The Bertz CT molecular complexity index is 184. The molecular formula is C9H19N3O. The highest BCUT2D eigenvalue weighted by atomic mass is 16.2. The lowest BCUT2D eigenvalue weighted by Crippen LogP contribution is -2.48. The number of amides is 2. The van der Waals surface area contributed by atoms with Gasteiger partial charge in [0.05, 0.1) is 0 Å². The Morgan fingerprint density at radius 1 is 1.62 bits per heavy atom. The molecule has 13 heavy (non-hydrogen) atoms. The van der Waals surface area contributed by atoms with Crippen molar-refractivity contribution in [2.45, 2.75) is 13.3 Å². The van der Waals surface area contributed by atoms with Crippen molar-refractivity contribution in [1.82, 2.24) is 10.2 Å². The van der Waals surface area contributed by atoms with Crippen molar-refractivity contribution in [3.05, 3.63) is 0 Å². The fourth-order valence-corrected chi connectivity index (χ4v) is 1.98. The van der Waals surface area contributed by atoms with Crippen LogP contribution in [0.1, 0.15) is 13.3 Å². The molecule has 2 atom stereocenters. The third-order valence-electron chi connectivity index (χ3n) is 2.58. The third-order valence-corrected chi connectivity index (χ3v) is 2.58. The molecule has 1 heterocycles. The van der Waals surface area contributed by atoms with Gasteiger partial charge in [0.25, 0.3) is 0 Å². The van der Waals surface area contributed by atoms with Crippen LogP contribution in [0.25, 0.3) is 0 Å². The largest absolute Gasteiger partial charge is 0.341 e. The van der Waals surface area contributed by atoms with E-state index in [0.717, 1.165) is 19.5 Å². The minimum Gasteiger partial charge on any atom is -0.341 e. The highest BCUT2D eigenvalue weighted by Gasteiger charge is 2.26. The van der Waals surface area contributed by atoms with Crippen LogP contribution in [-0.4, -0.2) is 37.6 Å². The lowest BCUT2D eigenvalue weighted by atomic mass is 9.91. The van der Waals surface area contributed by atoms with Crippen molar-refractivity contribution in [1.29, 1.82) is 0 Å². The summed E-state index contributed by atoms with van der Waals surface area (Å²) >= 11 is 0. The summed E-state index contributed by atoms with van der Waals surface area (Å²) in [6.07, 6.45) is 1.14. The Labute approximate surface area is 79.5 Å². The maximum absolute atomic E-state index is 11.3. The van der Waals surface area contributed by atoms with E-state index in [-0.39, 0.29) is 6.03 Å². The molecule has 3 N–H and O–H groups in total. The Kier molecular flexibility index (Phi) is 3.54. The van der Waals surface area contributed by atoms with E-state index in [4.69, 9.17) is 5.73 Å². The number of nitrogens with two attached hydrogens (primary N) is 1. The van der Waals surface area contributed by atoms with Crippen molar-refractivity contribution in [3.8, 4) is 0 Å². The van der Waals surface area contributed by atoms with E-state index in [1.807, 2.05) is 4.90 Å². The lowest BCUT2D eigenvalue weighted by molar-refractivity contribution is 0.144. The van der Waals surface area contributed by atoms with Crippen LogP contribution < -0.4 is 11.1 Å². The van der Waals surface area contributed by atoms with Crippen molar-refractivity contribution in [2.75, 3.05) is 26.7 Å². The average Bonchev–Trinajstić information content (AvgIpc) is 2.15. The summed E-state index contributed by atoms with van der Waals surface area (Å²) in [6, 6.07) is 0.0185. The molecular weight excluding hydrogens is 166 g/mol. The molecule has 0 bridgehead atoms. The average molecular weight is 185 g/mol. The molecule has 0 aromatic heterocycles. The number of hydrogen-bond acceptors (Lipinski definition) is 2. The molecule has 0 aromatic carbocycles. The third kappa shape index (κ3) is 2.59. The van der Waals surface area contributed by atoms with Crippen LogP contribution in [0.5, 0.6) is 0 Å². The quantitative estimate of drug-likeness (QED) is 0.615. The predicted octanol–water partition coefficient (Wildman–Crippen LogP) is 0.243. The number of urea groups is 1. The summed E-state index contributed by atoms with van der Waals surface area (Å²) in [5.41, 5.74) is 5.61. The maximum Gasteiger partial charge on any atom is 0.317 e. The molecule has 1 rings (SSSR count). The molecule has 4 heteroatoms. The topological polar surface area (TPSA) is 58.4 Å². The van der Waals surface area contributed by atoms with Crippen LogP contribution in [0.15, 0.2) is 0 Å². The molecule has 1 fully saturated rings.